The van der Waals surface area contributed by atoms with E-state index in [1.165, 1.54) is 19.1 Å². The third-order valence-electron chi connectivity index (χ3n) is 1.65. The smallest absolute Gasteiger partial charge is 0.336 e. The van der Waals surface area contributed by atoms with Gasteiger partial charge in [0.25, 0.3) is 0 Å². The van der Waals surface area contributed by atoms with Gasteiger partial charge in [-0.05, 0) is 19.4 Å². The van der Waals surface area contributed by atoms with Gasteiger partial charge in [-0.15, -0.1) is 0 Å². The molecule has 1 aromatic heterocycles. The van der Waals surface area contributed by atoms with E-state index in [1.54, 1.807) is 6.07 Å². The van der Waals surface area contributed by atoms with Crippen LogP contribution in [0.15, 0.2) is 21.3 Å². The fourth-order valence-electron chi connectivity index (χ4n) is 1.13. The van der Waals surface area contributed by atoms with Gasteiger partial charge < -0.3 is 4.42 Å². The van der Waals surface area contributed by atoms with Gasteiger partial charge in [-0.25, -0.2) is 4.79 Å². The van der Waals surface area contributed by atoms with E-state index in [2.05, 4.69) is 0 Å². The molecular weight excluding hydrogens is 180 g/mol. The molecule has 0 aliphatic carbocycles. The number of carbonyl (C=O) groups is 1. The van der Waals surface area contributed by atoms with Crippen molar-refractivity contribution in [1.82, 2.24) is 0 Å². The van der Waals surface area contributed by atoms with Gasteiger partial charge in [-0.1, -0.05) is 13.0 Å². The second-order valence-electron chi connectivity index (χ2n) is 2.94. The van der Waals surface area contributed by atoms with Crippen LogP contribution in [-0.4, -0.2) is 5.78 Å². The zero-order valence-corrected chi connectivity index (χ0v) is 8.24. The first-order valence-corrected chi connectivity index (χ1v) is 4.46. The Morgan fingerprint density at radius 1 is 1.50 bits per heavy atom. The molecule has 1 rings (SSSR count). The highest BCUT2D eigenvalue weighted by molar-refractivity contribution is 6.03. The second kappa shape index (κ2) is 4.56. The largest absolute Gasteiger partial charge is 0.423 e. The van der Waals surface area contributed by atoms with E-state index < -0.39 is 5.63 Å². The highest BCUT2D eigenvalue weighted by atomic mass is 16.4. The van der Waals surface area contributed by atoms with E-state index in [0.29, 0.717) is 5.42 Å². The molecular formula is C11H12O3. The summed E-state index contributed by atoms with van der Waals surface area (Å²) in [6, 6.07) is 3.00. The summed E-state index contributed by atoms with van der Waals surface area (Å²) in [6.45, 7) is 3.39. The third kappa shape index (κ3) is 2.69. The van der Waals surface area contributed by atoms with Crippen LogP contribution in [0.4, 0.5) is 0 Å². The van der Waals surface area contributed by atoms with Crippen molar-refractivity contribution in [2.75, 3.05) is 0 Å². The third-order valence-corrected chi connectivity index (χ3v) is 1.65. The molecule has 3 heteroatoms. The first kappa shape index (κ1) is 10.4. The Bertz CT molecular complexity index is 494. The lowest BCUT2D eigenvalue weighted by atomic mass is 10.3. The minimum absolute atomic E-state index is 0.134. The molecule has 0 amide bonds. The van der Waals surface area contributed by atoms with E-state index in [0.717, 1.165) is 11.6 Å². The van der Waals surface area contributed by atoms with Gasteiger partial charge in [-0.3, -0.25) is 4.79 Å². The van der Waals surface area contributed by atoms with E-state index in [-0.39, 0.29) is 5.78 Å². The molecule has 0 fully saturated rings. The van der Waals surface area contributed by atoms with Crippen LogP contribution in [0.25, 0.3) is 12.2 Å². The van der Waals surface area contributed by atoms with Crippen molar-refractivity contribution >= 4 is 17.9 Å². The molecule has 0 aliphatic heterocycles. The number of carbonyl (C=O) groups excluding carboxylic acids is 1. The van der Waals surface area contributed by atoms with Gasteiger partial charge in [0.05, 0.1) is 0 Å². The summed E-state index contributed by atoms with van der Waals surface area (Å²) >= 11 is 0. The SMILES string of the molecule is CCC=c1ccc(=O)o/c1=C/C(C)=O. The molecule has 14 heavy (non-hydrogen) atoms. The average molecular weight is 192 g/mol. The van der Waals surface area contributed by atoms with Gasteiger partial charge in [0.1, 0.15) is 5.42 Å². The summed E-state index contributed by atoms with van der Waals surface area (Å²) < 4.78 is 4.91. The Labute approximate surface area is 81.4 Å². The molecule has 0 spiro atoms. The Morgan fingerprint density at radius 2 is 2.21 bits per heavy atom. The van der Waals surface area contributed by atoms with Crippen LogP contribution < -0.4 is 16.3 Å². The van der Waals surface area contributed by atoms with Gasteiger partial charge in [-0.2, -0.15) is 0 Å². The zero-order valence-electron chi connectivity index (χ0n) is 8.24. The van der Waals surface area contributed by atoms with Crippen molar-refractivity contribution in [1.29, 1.82) is 0 Å². The summed E-state index contributed by atoms with van der Waals surface area (Å²) in [7, 11) is 0. The Hall–Kier alpha value is -1.64. The molecule has 0 radical (unpaired) electrons. The summed E-state index contributed by atoms with van der Waals surface area (Å²) in [5.41, 5.74) is -0.0994. The molecule has 0 aliphatic rings. The first-order valence-electron chi connectivity index (χ1n) is 4.46. The average Bonchev–Trinajstić information content (AvgIpc) is 2.09. The Morgan fingerprint density at radius 3 is 2.79 bits per heavy atom. The maximum absolute atomic E-state index is 10.9. The lowest BCUT2D eigenvalue weighted by Gasteiger charge is -1.88. The summed E-state index contributed by atoms with van der Waals surface area (Å²) in [5, 5.41) is 0.780. The fraction of sp³-hybridized carbons (Fsp3) is 0.273. The van der Waals surface area contributed by atoms with Crippen LogP contribution in [0.5, 0.6) is 0 Å². The van der Waals surface area contributed by atoms with E-state index >= 15 is 0 Å². The molecule has 0 unspecified atom stereocenters. The van der Waals surface area contributed by atoms with Gasteiger partial charge in [0, 0.05) is 17.4 Å². The second-order valence-corrected chi connectivity index (χ2v) is 2.94. The van der Waals surface area contributed by atoms with Crippen molar-refractivity contribution in [2.24, 2.45) is 0 Å². The monoisotopic (exact) mass is 192 g/mol. The number of hydrogen-bond donors (Lipinski definition) is 0. The van der Waals surface area contributed by atoms with Gasteiger partial charge in [0.2, 0.25) is 0 Å². The molecule has 0 atom stereocenters. The summed E-state index contributed by atoms with van der Waals surface area (Å²) in [5.74, 6) is -0.134. The lowest BCUT2D eigenvalue weighted by Crippen LogP contribution is -2.29. The van der Waals surface area contributed by atoms with E-state index in [4.69, 9.17) is 4.42 Å². The quantitative estimate of drug-likeness (QED) is 0.672. The molecule has 0 saturated heterocycles. The van der Waals surface area contributed by atoms with Crippen LogP contribution in [0.1, 0.15) is 20.3 Å². The lowest BCUT2D eigenvalue weighted by molar-refractivity contribution is -0.111. The minimum Gasteiger partial charge on any atom is -0.423 e. The predicted octanol–water partition coefficient (Wildman–Crippen LogP) is 0.200. The van der Waals surface area contributed by atoms with Crippen LogP contribution in [0.3, 0.4) is 0 Å². The maximum atomic E-state index is 10.9. The molecule has 0 aromatic carbocycles. The fourth-order valence-corrected chi connectivity index (χ4v) is 1.13. The van der Waals surface area contributed by atoms with Crippen molar-refractivity contribution in [2.45, 2.75) is 20.3 Å². The van der Waals surface area contributed by atoms with Crippen LogP contribution >= 0.6 is 0 Å². The predicted molar refractivity (Wildman–Crippen MR) is 54.1 cm³/mol. The highest BCUT2D eigenvalue weighted by Crippen LogP contribution is 1.74. The summed E-state index contributed by atoms with van der Waals surface area (Å²) in [4.78, 5) is 21.8. The Balaban J connectivity index is 3.54. The molecule has 0 bridgehead atoms. The van der Waals surface area contributed by atoms with Gasteiger partial charge >= 0.3 is 5.63 Å². The van der Waals surface area contributed by atoms with Crippen molar-refractivity contribution < 1.29 is 9.21 Å². The van der Waals surface area contributed by atoms with Gasteiger partial charge in [0.15, 0.2) is 5.78 Å². The highest BCUT2D eigenvalue weighted by Gasteiger charge is 1.92. The maximum Gasteiger partial charge on any atom is 0.336 e. The van der Waals surface area contributed by atoms with Crippen LogP contribution in [0.2, 0.25) is 0 Å². The van der Waals surface area contributed by atoms with E-state index in [9.17, 15) is 9.59 Å². The number of hydrogen-bond acceptors (Lipinski definition) is 3. The van der Waals surface area contributed by atoms with Crippen LogP contribution in [0, 0.1) is 0 Å². The molecule has 0 N–H and O–H groups in total. The zero-order chi connectivity index (χ0) is 10.6. The number of ketones is 1. The van der Waals surface area contributed by atoms with Crippen molar-refractivity contribution in [3.8, 4) is 0 Å². The minimum atomic E-state index is -0.439. The normalized spacial score (nSPS) is 13.3. The molecule has 3 nitrogen and oxygen atoms in total. The number of rotatable bonds is 2. The summed E-state index contributed by atoms with van der Waals surface area (Å²) in [6.07, 6.45) is 4.05. The Kier molecular flexibility index (Phi) is 3.40. The van der Waals surface area contributed by atoms with E-state index in [1.807, 2.05) is 13.0 Å². The van der Waals surface area contributed by atoms with Crippen molar-refractivity contribution in [3.05, 3.63) is 33.2 Å². The molecule has 0 saturated carbocycles. The standard InChI is InChI=1S/C11H12O3/c1-3-4-9-5-6-11(13)14-10(9)7-8(2)12/h4-7H,3H2,1-2H3/b9-4?,10-7+. The molecule has 74 valence electrons. The first-order chi connectivity index (χ1) is 6.63. The molecule has 1 aromatic rings. The topological polar surface area (TPSA) is 47.3 Å². The van der Waals surface area contributed by atoms with Crippen molar-refractivity contribution in [3.63, 3.8) is 0 Å². The molecule has 1 heterocycles. The van der Waals surface area contributed by atoms with Crippen LogP contribution in [-0.2, 0) is 4.79 Å². The number of Topliss-reactive ketones (excluding diaryl/α,β-unsaturated/α-hetero) is 1.